The van der Waals surface area contributed by atoms with E-state index in [9.17, 15) is 4.39 Å². The number of hydrogen-bond acceptors (Lipinski definition) is 2. The zero-order valence-electron chi connectivity index (χ0n) is 10.0. The second kappa shape index (κ2) is 5.42. The maximum Gasteiger partial charge on any atom is 0.138 e. The highest BCUT2D eigenvalue weighted by molar-refractivity contribution is 14.1. The highest BCUT2D eigenvalue weighted by Gasteiger charge is 2.25. The van der Waals surface area contributed by atoms with Gasteiger partial charge in [0.05, 0.1) is 14.9 Å². The Morgan fingerprint density at radius 3 is 2.76 bits per heavy atom. The summed E-state index contributed by atoms with van der Waals surface area (Å²) in [5.41, 5.74) is 7.55. The summed E-state index contributed by atoms with van der Waals surface area (Å²) in [5.74, 6) is 0.606. The van der Waals surface area contributed by atoms with Crippen LogP contribution in [0.2, 0.25) is 0 Å². The van der Waals surface area contributed by atoms with Crippen LogP contribution in [0.15, 0.2) is 12.1 Å². The number of halogens is 2. The summed E-state index contributed by atoms with van der Waals surface area (Å²) in [5, 5.41) is 0. The molecule has 1 aliphatic carbocycles. The summed E-state index contributed by atoms with van der Waals surface area (Å²) < 4.78 is 14.2. The van der Waals surface area contributed by atoms with Crippen molar-refractivity contribution in [2.45, 2.75) is 26.2 Å². The van der Waals surface area contributed by atoms with Crippen LogP contribution in [-0.2, 0) is 0 Å². The topological polar surface area (TPSA) is 29.3 Å². The summed E-state index contributed by atoms with van der Waals surface area (Å²) >= 11 is 1.98. The minimum absolute atomic E-state index is 0.174. The lowest BCUT2D eigenvalue weighted by Gasteiger charge is -2.26. The predicted octanol–water partition coefficient (Wildman–Crippen LogP) is 3.64. The van der Waals surface area contributed by atoms with Crippen LogP contribution in [0, 0.1) is 15.3 Å². The molecule has 0 atom stereocenters. The van der Waals surface area contributed by atoms with E-state index in [1.54, 1.807) is 12.1 Å². The molecule has 17 heavy (non-hydrogen) atoms. The van der Waals surface area contributed by atoms with Crippen LogP contribution in [-0.4, -0.2) is 13.1 Å². The normalized spacial score (nSPS) is 15.0. The Balaban J connectivity index is 2.23. The first-order chi connectivity index (χ1) is 8.11. The quantitative estimate of drug-likeness (QED) is 0.650. The Hall–Kier alpha value is -0.520. The summed E-state index contributed by atoms with van der Waals surface area (Å²) in [6.07, 6.45) is 3.65. The highest BCUT2D eigenvalue weighted by Crippen LogP contribution is 2.34. The second-order valence-corrected chi connectivity index (χ2v) is 5.88. The third kappa shape index (κ3) is 3.24. The molecule has 0 spiro atoms. The van der Waals surface area contributed by atoms with Crippen LogP contribution >= 0.6 is 22.6 Å². The minimum Gasteiger partial charge on any atom is -0.397 e. The number of hydrogen-bond donors (Lipinski definition) is 1. The van der Waals surface area contributed by atoms with Gasteiger partial charge in [-0.1, -0.05) is 6.92 Å². The zero-order chi connectivity index (χ0) is 12.4. The van der Waals surface area contributed by atoms with Gasteiger partial charge in [-0.3, -0.25) is 0 Å². The molecule has 0 aromatic heterocycles. The molecule has 2 N–H and O–H groups in total. The van der Waals surface area contributed by atoms with E-state index in [2.05, 4.69) is 11.8 Å². The van der Waals surface area contributed by atoms with E-state index < -0.39 is 0 Å². The van der Waals surface area contributed by atoms with Crippen LogP contribution in [0.4, 0.5) is 15.8 Å². The standard InChI is InChI=1S/C13H18FIN2/c1-2-5-17(8-9-3-4-9)13-6-10(14)11(15)7-12(13)16/h6-7,9H,2-5,8,16H2,1H3. The first kappa shape index (κ1) is 12.9. The average molecular weight is 348 g/mol. The Labute approximate surface area is 116 Å². The predicted molar refractivity (Wildman–Crippen MR) is 78.8 cm³/mol. The third-order valence-corrected chi connectivity index (χ3v) is 3.91. The molecule has 0 amide bonds. The Morgan fingerprint density at radius 2 is 2.18 bits per heavy atom. The molecule has 0 heterocycles. The van der Waals surface area contributed by atoms with Crippen LogP contribution in [0.3, 0.4) is 0 Å². The molecule has 0 bridgehead atoms. The van der Waals surface area contributed by atoms with E-state index >= 15 is 0 Å². The number of nitrogens with two attached hydrogens (primary N) is 1. The van der Waals surface area contributed by atoms with Crippen LogP contribution in [0.25, 0.3) is 0 Å². The molecule has 0 saturated heterocycles. The molecule has 0 unspecified atom stereocenters. The van der Waals surface area contributed by atoms with Crippen molar-refractivity contribution in [3.63, 3.8) is 0 Å². The molecule has 1 fully saturated rings. The van der Waals surface area contributed by atoms with Gasteiger partial charge in [0, 0.05) is 19.2 Å². The first-order valence-corrected chi connectivity index (χ1v) is 7.19. The molecule has 1 saturated carbocycles. The lowest BCUT2D eigenvalue weighted by atomic mass is 10.2. The van der Waals surface area contributed by atoms with Gasteiger partial charge in [-0.15, -0.1) is 0 Å². The fourth-order valence-corrected chi connectivity index (χ4v) is 2.51. The van der Waals surface area contributed by atoms with Gasteiger partial charge in [-0.25, -0.2) is 4.39 Å². The van der Waals surface area contributed by atoms with Gasteiger partial charge in [-0.2, -0.15) is 0 Å². The van der Waals surface area contributed by atoms with Gasteiger partial charge in [0.25, 0.3) is 0 Å². The maximum absolute atomic E-state index is 13.6. The van der Waals surface area contributed by atoms with Crippen LogP contribution in [0.1, 0.15) is 26.2 Å². The largest absolute Gasteiger partial charge is 0.397 e. The average Bonchev–Trinajstić information content (AvgIpc) is 3.07. The summed E-state index contributed by atoms with van der Waals surface area (Å²) in [6.45, 7) is 4.10. The lowest BCUT2D eigenvalue weighted by molar-refractivity contribution is 0.617. The van der Waals surface area contributed by atoms with E-state index in [1.807, 2.05) is 22.6 Å². The van der Waals surface area contributed by atoms with E-state index in [0.717, 1.165) is 31.1 Å². The fraction of sp³-hybridized carbons (Fsp3) is 0.538. The monoisotopic (exact) mass is 348 g/mol. The molecule has 2 rings (SSSR count). The number of benzene rings is 1. The molecular formula is C13H18FIN2. The Bertz CT molecular complexity index is 405. The van der Waals surface area contributed by atoms with E-state index in [-0.39, 0.29) is 5.82 Å². The van der Waals surface area contributed by atoms with Gasteiger partial charge in [0.1, 0.15) is 5.82 Å². The SMILES string of the molecule is CCCN(CC1CC1)c1cc(F)c(I)cc1N. The smallest absolute Gasteiger partial charge is 0.138 e. The summed E-state index contributed by atoms with van der Waals surface area (Å²) in [7, 11) is 0. The van der Waals surface area contributed by atoms with Crippen molar-refractivity contribution in [2.24, 2.45) is 5.92 Å². The van der Waals surface area contributed by atoms with Crippen molar-refractivity contribution in [2.75, 3.05) is 23.7 Å². The Kier molecular flexibility index (Phi) is 4.12. The van der Waals surface area contributed by atoms with Crippen molar-refractivity contribution in [3.8, 4) is 0 Å². The van der Waals surface area contributed by atoms with Crippen molar-refractivity contribution >= 4 is 34.0 Å². The maximum atomic E-state index is 13.6. The molecule has 94 valence electrons. The number of nitrogen functional groups attached to an aromatic ring is 1. The molecule has 1 aromatic rings. The second-order valence-electron chi connectivity index (χ2n) is 4.71. The van der Waals surface area contributed by atoms with Crippen molar-refractivity contribution in [1.29, 1.82) is 0 Å². The van der Waals surface area contributed by atoms with E-state index in [0.29, 0.717) is 9.26 Å². The number of rotatable bonds is 5. The molecule has 2 nitrogen and oxygen atoms in total. The fourth-order valence-electron chi connectivity index (χ4n) is 2.02. The lowest BCUT2D eigenvalue weighted by Crippen LogP contribution is -2.27. The van der Waals surface area contributed by atoms with Crippen molar-refractivity contribution < 1.29 is 4.39 Å². The van der Waals surface area contributed by atoms with Gasteiger partial charge in [-0.05, 0) is 53.8 Å². The molecule has 0 radical (unpaired) electrons. The van der Waals surface area contributed by atoms with Gasteiger partial charge < -0.3 is 10.6 Å². The number of anilines is 2. The van der Waals surface area contributed by atoms with Gasteiger partial charge in [0.15, 0.2) is 0 Å². The summed E-state index contributed by atoms with van der Waals surface area (Å²) in [4.78, 5) is 2.23. The van der Waals surface area contributed by atoms with Crippen molar-refractivity contribution in [1.82, 2.24) is 0 Å². The zero-order valence-corrected chi connectivity index (χ0v) is 12.2. The van der Waals surface area contributed by atoms with E-state index in [1.165, 1.54) is 12.8 Å². The molecular weight excluding hydrogens is 330 g/mol. The van der Waals surface area contributed by atoms with Crippen molar-refractivity contribution in [3.05, 3.63) is 21.5 Å². The van der Waals surface area contributed by atoms with Crippen LogP contribution < -0.4 is 10.6 Å². The highest BCUT2D eigenvalue weighted by atomic mass is 127. The Morgan fingerprint density at radius 1 is 1.47 bits per heavy atom. The summed E-state index contributed by atoms with van der Waals surface area (Å²) in [6, 6.07) is 3.30. The molecule has 1 aromatic carbocycles. The van der Waals surface area contributed by atoms with Crippen LogP contribution in [0.5, 0.6) is 0 Å². The molecule has 4 heteroatoms. The third-order valence-electron chi connectivity index (χ3n) is 3.08. The molecule has 1 aliphatic rings. The van der Waals surface area contributed by atoms with E-state index in [4.69, 9.17) is 5.73 Å². The number of nitrogens with zero attached hydrogens (tertiary/aromatic N) is 1. The van der Waals surface area contributed by atoms with Gasteiger partial charge in [0.2, 0.25) is 0 Å². The minimum atomic E-state index is -0.174. The molecule has 0 aliphatic heterocycles. The van der Waals surface area contributed by atoms with Gasteiger partial charge >= 0.3 is 0 Å². The first-order valence-electron chi connectivity index (χ1n) is 6.11.